The molecule has 8 nitrogen and oxygen atoms in total. The number of amides is 1. The zero-order valence-electron chi connectivity index (χ0n) is 22.0. The van der Waals surface area contributed by atoms with E-state index in [1.54, 1.807) is 6.33 Å². The number of hydrogen-bond donors (Lipinski definition) is 1. The van der Waals surface area contributed by atoms with Crippen LogP contribution in [0.4, 0.5) is 0 Å². The van der Waals surface area contributed by atoms with E-state index in [-0.39, 0.29) is 23.9 Å². The minimum atomic E-state index is -0.00632. The Balaban J connectivity index is 1.43. The first-order valence-corrected chi connectivity index (χ1v) is 12.7. The molecule has 1 N–H and O–H groups in total. The number of H-pyrrole nitrogens is 1. The van der Waals surface area contributed by atoms with Crippen molar-refractivity contribution in [1.82, 2.24) is 34.6 Å². The van der Waals surface area contributed by atoms with E-state index in [9.17, 15) is 4.79 Å². The van der Waals surface area contributed by atoms with Crippen molar-refractivity contribution in [3.8, 4) is 22.5 Å². The zero-order chi connectivity index (χ0) is 25.6. The first-order valence-electron chi connectivity index (χ1n) is 12.7. The van der Waals surface area contributed by atoms with E-state index in [2.05, 4.69) is 71.2 Å². The van der Waals surface area contributed by atoms with Gasteiger partial charge in [-0.25, -0.2) is 9.50 Å². The van der Waals surface area contributed by atoms with Crippen molar-refractivity contribution >= 4 is 11.6 Å². The van der Waals surface area contributed by atoms with Gasteiger partial charge in [0.1, 0.15) is 6.33 Å². The summed E-state index contributed by atoms with van der Waals surface area (Å²) in [6.07, 6.45) is 5.60. The number of nitrogens with zero attached hydrogens (tertiary/aromatic N) is 6. The monoisotopic (exact) mass is 485 g/mol. The predicted octanol–water partition coefficient (Wildman–Crippen LogP) is 4.83. The van der Waals surface area contributed by atoms with Gasteiger partial charge in [0.15, 0.2) is 5.65 Å². The van der Waals surface area contributed by atoms with Crippen molar-refractivity contribution in [3.63, 3.8) is 0 Å². The highest BCUT2D eigenvalue weighted by atomic mass is 16.2. The third-order valence-corrected chi connectivity index (χ3v) is 7.63. The molecular formula is C28H35N7O. The number of likely N-dealkylation sites (N-methyl/N-ethyl adjacent to an activating group) is 2. The van der Waals surface area contributed by atoms with Crippen molar-refractivity contribution in [2.24, 2.45) is 0 Å². The first-order chi connectivity index (χ1) is 17.3. The van der Waals surface area contributed by atoms with E-state index in [0.717, 1.165) is 58.7 Å². The molecule has 36 heavy (non-hydrogen) atoms. The van der Waals surface area contributed by atoms with Crippen LogP contribution in [-0.4, -0.2) is 67.2 Å². The average Bonchev–Trinajstić information content (AvgIpc) is 3.62. The van der Waals surface area contributed by atoms with Crippen LogP contribution in [0.1, 0.15) is 62.3 Å². The largest absolute Gasteiger partial charge is 0.338 e. The Morgan fingerprint density at radius 2 is 1.92 bits per heavy atom. The number of hydrogen-bond acceptors (Lipinski definition) is 5. The first kappa shape index (κ1) is 24.2. The highest BCUT2D eigenvalue weighted by molar-refractivity contribution is 5.82. The van der Waals surface area contributed by atoms with Crippen LogP contribution >= 0.6 is 0 Å². The van der Waals surface area contributed by atoms with Crippen LogP contribution in [0, 0.1) is 6.92 Å². The molecule has 1 aliphatic rings. The van der Waals surface area contributed by atoms with Crippen molar-refractivity contribution in [3.05, 3.63) is 59.5 Å². The molecule has 1 fully saturated rings. The van der Waals surface area contributed by atoms with Gasteiger partial charge in [0.25, 0.3) is 0 Å². The lowest BCUT2D eigenvalue weighted by atomic mass is 9.93. The van der Waals surface area contributed by atoms with Gasteiger partial charge < -0.3 is 4.90 Å². The third kappa shape index (κ3) is 4.19. The molecule has 3 aromatic heterocycles. The SMILES string of the molecule is Cc1cc(-c2[nH]nc(-c3ccc([C@H](C)N(C)C(=O)C4CCCN4C)cc3)c2C(C)C)cn2ncnc12. The van der Waals surface area contributed by atoms with Crippen LogP contribution in [0.3, 0.4) is 0 Å². The molecule has 1 aliphatic heterocycles. The molecule has 4 aromatic rings. The fraction of sp³-hybridized carbons (Fsp3) is 0.429. The number of aromatic amines is 1. The quantitative estimate of drug-likeness (QED) is 0.423. The summed E-state index contributed by atoms with van der Waals surface area (Å²) < 4.78 is 1.81. The molecule has 2 atom stereocenters. The van der Waals surface area contributed by atoms with Gasteiger partial charge in [0, 0.05) is 29.9 Å². The van der Waals surface area contributed by atoms with Gasteiger partial charge in [-0.3, -0.25) is 14.8 Å². The molecule has 1 amide bonds. The summed E-state index contributed by atoms with van der Waals surface area (Å²) in [6, 6.07) is 10.6. The Morgan fingerprint density at radius 1 is 1.17 bits per heavy atom. The number of rotatable bonds is 6. The van der Waals surface area contributed by atoms with Gasteiger partial charge in [-0.1, -0.05) is 38.1 Å². The lowest BCUT2D eigenvalue weighted by Gasteiger charge is -2.30. The Labute approximate surface area is 212 Å². The lowest BCUT2D eigenvalue weighted by molar-refractivity contribution is -0.136. The second-order valence-electron chi connectivity index (χ2n) is 10.3. The van der Waals surface area contributed by atoms with Crippen molar-refractivity contribution in [2.75, 3.05) is 20.6 Å². The van der Waals surface area contributed by atoms with Crippen LogP contribution in [0.25, 0.3) is 28.2 Å². The summed E-state index contributed by atoms with van der Waals surface area (Å²) in [7, 11) is 3.95. The Morgan fingerprint density at radius 3 is 2.58 bits per heavy atom. The number of aromatic nitrogens is 5. The number of pyridine rings is 1. The van der Waals surface area contributed by atoms with E-state index < -0.39 is 0 Å². The maximum Gasteiger partial charge on any atom is 0.240 e. The van der Waals surface area contributed by atoms with Gasteiger partial charge in [0.2, 0.25) is 5.91 Å². The Hall–Kier alpha value is -3.52. The molecule has 0 aliphatic carbocycles. The summed E-state index contributed by atoms with van der Waals surface area (Å²) in [6.45, 7) is 9.51. The topological polar surface area (TPSA) is 82.4 Å². The van der Waals surface area contributed by atoms with Gasteiger partial charge in [-0.05, 0) is 63.4 Å². The number of carbonyl (C=O) groups is 1. The highest BCUT2D eigenvalue weighted by Gasteiger charge is 2.32. The molecule has 0 saturated carbocycles. The van der Waals surface area contributed by atoms with E-state index in [0.29, 0.717) is 0 Å². The minimum absolute atomic E-state index is 0.00255. The van der Waals surface area contributed by atoms with Crippen LogP contribution in [0.15, 0.2) is 42.9 Å². The van der Waals surface area contributed by atoms with Crippen LogP contribution in [0.2, 0.25) is 0 Å². The number of carbonyl (C=O) groups excluding carboxylic acids is 1. The fourth-order valence-electron chi connectivity index (χ4n) is 5.37. The van der Waals surface area contributed by atoms with E-state index >= 15 is 0 Å². The molecule has 1 aromatic carbocycles. The second kappa shape index (κ2) is 9.50. The molecular weight excluding hydrogens is 450 g/mol. The van der Waals surface area contributed by atoms with Gasteiger partial charge in [0.05, 0.1) is 23.5 Å². The van der Waals surface area contributed by atoms with Crippen LogP contribution in [0.5, 0.6) is 0 Å². The van der Waals surface area contributed by atoms with Crippen LogP contribution < -0.4 is 0 Å². The average molecular weight is 486 g/mol. The smallest absolute Gasteiger partial charge is 0.240 e. The molecule has 5 rings (SSSR count). The van der Waals surface area contributed by atoms with Crippen molar-refractivity contribution < 1.29 is 4.79 Å². The van der Waals surface area contributed by atoms with Crippen molar-refractivity contribution in [1.29, 1.82) is 0 Å². The number of fused-ring (bicyclic) bond motifs is 1. The Kier molecular flexibility index (Phi) is 6.38. The van der Waals surface area contributed by atoms with Gasteiger partial charge >= 0.3 is 0 Å². The zero-order valence-corrected chi connectivity index (χ0v) is 22.0. The van der Waals surface area contributed by atoms with Crippen molar-refractivity contribution in [2.45, 2.75) is 58.5 Å². The van der Waals surface area contributed by atoms with E-state index in [1.165, 1.54) is 5.56 Å². The highest BCUT2D eigenvalue weighted by Crippen LogP contribution is 2.36. The minimum Gasteiger partial charge on any atom is -0.338 e. The molecule has 0 radical (unpaired) electrons. The third-order valence-electron chi connectivity index (χ3n) is 7.63. The predicted molar refractivity (Wildman–Crippen MR) is 142 cm³/mol. The fourth-order valence-corrected chi connectivity index (χ4v) is 5.37. The maximum atomic E-state index is 13.1. The second-order valence-corrected chi connectivity index (χ2v) is 10.3. The molecule has 4 heterocycles. The summed E-state index contributed by atoms with van der Waals surface area (Å²) >= 11 is 0. The maximum absolute atomic E-state index is 13.1. The summed E-state index contributed by atoms with van der Waals surface area (Å²) in [5.74, 6) is 0.469. The Bertz CT molecular complexity index is 1380. The molecule has 1 unspecified atom stereocenters. The van der Waals surface area contributed by atoms with Crippen LogP contribution in [-0.2, 0) is 4.79 Å². The van der Waals surface area contributed by atoms with E-state index in [4.69, 9.17) is 5.10 Å². The molecule has 8 heteroatoms. The summed E-state index contributed by atoms with van der Waals surface area (Å²) in [4.78, 5) is 21.4. The molecule has 0 bridgehead atoms. The van der Waals surface area contributed by atoms with E-state index in [1.807, 2.05) is 36.6 Å². The number of benzene rings is 1. The number of aryl methyl sites for hydroxylation is 1. The van der Waals surface area contributed by atoms with Gasteiger partial charge in [-0.2, -0.15) is 10.2 Å². The number of likely N-dealkylation sites (tertiary alicyclic amines) is 1. The molecule has 0 spiro atoms. The summed E-state index contributed by atoms with van der Waals surface area (Å²) in [5, 5.41) is 12.4. The van der Waals surface area contributed by atoms with Gasteiger partial charge in [-0.15, -0.1) is 0 Å². The standard InChI is InChI=1S/C28H35N7O/c1-17(2)24-25(31-32-26(24)22-14-18(3)27-29-16-30-35(27)15-22)21-11-9-20(10-12-21)19(4)34(6)28(36)23-8-7-13-33(23)5/h9-12,14-17,19,23H,7-8,13H2,1-6H3,(H,31,32)/t19-,23?/m0/s1. The number of nitrogens with one attached hydrogen (secondary N) is 1. The molecule has 1 saturated heterocycles. The molecule has 188 valence electrons. The normalized spacial score (nSPS) is 17.2. The lowest BCUT2D eigenvalue weighted by Crippen LogP contribution is -2.43. The summed E-state index contributed by atoms with van der Waals surface area (Å²) in [5.41, 5.74) is 8.26.